The van der Waals surface area contributed by atoms with Gasteiger partial charge in [-0.3, -0.25) is 4.68 Å². The largest absolute Gasteiger partial charge is 0.391 e. The van der Waals surface area contributed by atoms with Crippen LogP contribution in [0, 0.1) is 0 Å². The van der Waals surface area contributed by atoms with Crippen LogP contribution in [0.5, 0.6) is 0 Å². The monoisotopic (exact) mass is 281 g/mol. The van der Waals surface area contributed by atoms with Gasteiger partial charge in [-0.15, -0.1) is 0 Å². The fourth-order valence-electron chi connectivity index (χ4n) is 2.78. The van der Waals surface area contributed by atoms with Crippen LogP contribution in [0.1, 0.15) is 50.3 Å². The van der Waals surface area contributed by atoms with Gasteiger partial charge in [-0.2, -0.15) is 5.10 Å². The molecule has 20 heavy (non-hydrogen) atoms. The molecule has 1 fully saturated rings. The summed E-state index contributed by atoms with van der Waals surface area (Å²) < 4.78 is 7.03. The molecule has 0 radical (unpaired) electrons. The lowest BCUT2D eigenvalue weighted by molar-refractivity contribution is 0.0594. The molecule has 0 aromatic carbocycles. The van der Waals surface area contributed by atoms with Gasteiger partial charge in [0, 0.05) is 19.9 Å². The average Bonchev–Trinajstić information content (AvgIpc) is 2.94. The number of hydrogen-bond donors (Lipinski definition) is 2. The van der Waals surface area contributed by atoms with Crippen molar-refractivity contribution < 1.29 is 9.84 Å². The molecule has 1 aromatic rings. The SMILES string of the molecule is COCC(O)CCNCc1ccn(C2CCCCC2)n1. The summed E-state index contributed by atoms with van der Waals surface area (Å²) in [5.74, 6) is 0. The highest BCUT2D eigenvalue weighted by Crippen LogP contribution is 2.27. The third-order valence-corrected chi connectivity index (χ3v) is 3.93. The van der Waals surface area contributed by atoms with Crippen molar-refractivity contribution in [3.63, 3.8) is 0 Å². The Hall–Kier alpha value is -0.910. The zero-order chi connectivity index (χ0) is 14.2. The van der Waals surface area contributed by atoms with Crippen molar-refractivity contribution in [1.29, 1.82) is 0 Å². The van der Waals surface area contributed by atoms with Gasteiger partial charge >= 0.3 is 0 Å². The van der Waals surface area contributed by atoms with E-state index in [1.54, 1.807) is 7.11 Å². The molecule has 0 saturated heterocycles. The first-order valence-corrected chi connectivity index (χ1v) is 7.71. The summed E-state index contributed by atoms with van der Waals surface area (Å²) in [7, 11) is 1.61. The molecule has 1 aromatic heterocycles. The van der Waals surface area contributed by atoms with Crippen molar-refractivity contribution in [3.8, 4) is 0 Å². The summed E-state index contributed by atoms with van der Waals surface area (Å²) in [5.41, 5.74) is 1.08. The van der Waals surface area contributed by atoms with Crippen LogP contribution in [-0.2, 0) is 11.3 Å². The molecule has 114 valence electrons. The van der Waals surface area contributed by atoms with Gasteiger partial charge in [0.1, 0.15) is 0 Å². The Kier molecular flexibility index (Phi) is 6.50. The maximum atomic E-state index is 9.54. The zero-order valence-corrected chi connectivity index (χ0v) is 12.4. The molecule has 1 aliphatic carbocycles. The molecule has 2 N–H and O–H groups in total. The van der Waals surface area contributed by atoms with E-state index in [9.17, 15) is 5.11 Å². The van der Waals surface area contributed by atoms with Gasteiger partial charge in [-0.1, -0.05) is 19.3 Å². The second kappa shape index (κ2) is 8.39. The molecular formula is C15H27N3O2. The standard InChI is InChI=1S/C15H27N3O2/c1-20-12-15(19)7-9-16-11-13-8-10-18(17-13)14-5-3-2-4-6-14/h8,10,14-16,19H,2-7,9,11-12H2,1H3. The number of rotatable bonds is 8. The summed E-state index contributed by atoms with van der Waals surface area (Å²) in [5, 5.41) is 17.5. The zero-order valence-electron chi connectivity index (χ0n) is 12.4. The van der Waals surface area contributed by atoms with Crippen LogP contribution in [0.15, 0.2) is 12.3 Å². The predicted molar refractivity (Wildman–Crippen MR) is 78.6 cm³/mol. The molecule has 2 rings (SSSR count). The first-order chi connectivity index (χ1) is 9.79. The normalized spacial score (nSPS) is 18.3. The Bertz CT molecular complexity index is 375. The van der Waals surface area contributed by atoms with Gasteiger partial charge in [-0.25, -0.2) is 0 Å². The quantitative estimate of drug-likeness (QED) is 0.714. The average molecular weight is 281 g/mol. The van der Waals surface area contributed by atoms with Crippen molar-refractivity contribution in [2.45, 2.75) is 57.2 Å². The van der Waals surface area contributed by atoms with E-state index in [0.29, 0.717) is 19.1 Å². The summed E-state index contributed by atoms with van der Waals surface area (Å²) >= 11 is 0. The van der Waals surface area contributed by atoms with E-state index in [4.69, 9.17) is 4.74 Å². The second-order valence-corrected chi connectivity index (χ2v) is 5.65. The Morgan fingerprint density at radius 3 is 3.00 bits per heavy atom. The van der Waals surface area contributed by atoms with Crippen LogP contribution < -0.4 is 5.32 Å². The van der Waals surface area contributed by atoms with Crippen molar-refractivity contribution in [1.82, 2.24) is 15.1 Å². The lowest BCUT2D eigenvalue weighted by Crippen LogP contribution is -2.23. The minimum absolute atomic E-state index is 0.382. The number of nitrogens with one attached hydrogen (secondary N) is 1. The fraction of sp³-hybridized carbons (Fsp3) is 0.800. The number of nitrogens with zero attached hydrogens (tertiary/aromatic N) is 2. The molecule has 1 heterocycles. The van der Waals surface area contributed by atoms with Crippen LogP contribution in [0.4, 0.5) is 0 Å². The van der Waals surface area contributed by atoms with Crippen LogP contribution in [-0.4, -0.2) is 41.3 Å². The highest BCUT2D eigenvalue weighted by atomic mass is 16.5. The Labute approximate surface area is 121 Å². The molecule has 1 aliphatic rings. The third kappa shape index (κ3) is 4.89. The minimum Gasteiger partial charge on any atom is -0.391 e. The molecule has 0 amide bonds. The fourth-order valence-corrected chi connectivity index (χ4v) is 2.78. The van der Waals surface area contributed by atoms with Gasteiger partial charge in [0.2, 0.25) is 0 Å². The number of aromatic nitrogens is 2. The van der Waals surface area contributed by atoms with Crippen molar-refractivity contribution in [2.24, 2.45) is 0 Å². The smallest absolute Gasteiger partial charge is 0.0785 e. The summed E-state index contributed by atoms with van der Waals surface area (Å²) in [6, 6.07) is 2.69. The number of ether oxygens (including phenoxy) is 1. The molecule has 0 spiro atoms. The molecule has 0 aliphatic heterocycles. The van der Waals surface area contributed by atoms with Crippen molar-refractivity contribution >= 4 is 0 Å². The highest BCUT2D eigenvalue weighted by Gasteiger charge is 2.15. The first kappa shape index (κ1) is 15.5. The van der Waals surface area contributed by atoms with Gasteiger partial charge < -0.3 is 15.2 Å². The molecule has 1 atom stereocenters. The summed E-state index contributed by atoms with van der Waals surface area (Å²) in [4.78, 5) is 0. The van der Waals surface area contributed by atoms with Gasteiger partial charge in [0.15, 0.2) is 0 Å². The van der Waals surface area contributed by atoms with Crippen molar-refractivity contribution in [2.75, 3.05) is 20.3 Å². The molecule has 5 heteroatoms. The Balaban J connectivity index is 1.67. The summed E-state index contributed by atoms with van der Waals surface area (Å²) in [6.07, 6.45) is 8.98. The minimum atomic E-state index is -0.382. The Morgan fingerprint density at radius 1 is 1.45 bits per heavy atom. The van der Waals surface area contributed by atoms with Crippen molar-refractivity contribution in [3.05, 3.63) is 18.0 Å². The van der Waals surface area contributed by atoms with E-state index in [2.05, 4.69) is 27.4 Å². The van der Waals surface area contributed by atoms with Gasteiger partial charge in [-0.05, 0) is 31.9 Å². The van der Waals surface area contributed by atoms with E-state index in [-0.39, 0.29) is 6.10 Å². The molecule has 0 bridgehead atoms. The highest BCUT2D eigenvalue weighted by molar-refractivity contribution is 4.99. The molecular weight excluding hydrogens is 254 g/mol. The van der Waals surface area contributed by atoms with Crippen LogP contribution in [0.2, 0.25) is 0 Å². The maximum absolute atomic E-state index is 9.54. The van der Waals surface area contributed by atoms with E-state index >= 15 is 0 Å². The number of aliphatic hydroxyl groups excluding tert-OH is 1. The third-order valence-electron chi connectivity index (χ3n) is 3.93. The number of methoxy groups -OCH3 is 1. The van der Waals surface area contributed by atoms with Gasteiger partial charge in [0.25, 0.3) is 0 Å². The molecule has 1 unspecified atom stereocenters. The molecule has 5 nitrogen and oxygen atoms in total. The lowest BCUT2D eigenvalue weighted by Gasteiger charge is -2.21. The first-order valence-electron chi connectivity index (χ1n) is 7.71. The predicted octanol–water partition coefficient (Wildman–Crippen LogP) is 1.88. The van der Waals surface area contributed by atoms with Crippen LogP contribution in [0.3, 0.4) is 0 Å². The van der Waals surface area contributed by atoms with E-state index in [1.807, 2.05) is 0 Å². The lowest BCUT2D eigenvalue weighted by atomic mass is 9.96. The maximum Gasteiger partial charge on any atom is 0.0785 e. The number of aliphatic hydroxyl groups is 1. The Morgan fingerprint density at radius 2 is 2.25 bits per heavy atom. The van der Waals surface area contributed by atoms with Crippen LogP contribution in [0.25, 0.3) is 0 Å². The number of hydrogen-bond acceptors (Lipinski definition) is 4. The second-order valence-electron chi connectivity index (χ2n) is 5.65. The van der Waals surface area contributed by atoms with E-state index < -0.39 is 0 Å². The summed E-state index contributed by atoms with van der Waals surface area (Å²) in [6.45, 7) is 1.94. The van der Waals surface area contributed by atoms with Crippen LogP contribution >= 0.6 is 0 Å². The topological polar surface area (TPSA) is 59.3 Å². The molecule has 1 saturated carbocycles. The van der Waals surface area contributed by atoms with E-state index in [0.717, 1.165) is 18.8 Å². The van der Waals surface area contributed by atoms with Gasteiger partial charge in [0.05, 0.1) is 24.4 Å². The van der Waals surface area contributed by atoms with E-state index in [1.165, 1.54) is 32.1 Å².